The van der Waals surface area contributed by atoms with Gasteiger partial charge in [-0.25, -0.2) is 22.9 Å². The number of ether oxygens (including phenoxy) is 1. The van der Waals surface area contributed by atoms with Crippen LogP contribution in [0.4, 0.5) is 10.5 Å². The van der Waals surface area contributed by atoms with E-state index in [2.05, 4.69) is 15.0 Å². The van der Waals surface area contributed by atoms with Crippen molar-refractivity contribution in [3.8, 4) is 21.0 Å². The van der Waals surface area contributed by atoms with Crippen molar-refractivity contribution in [2.45, 2.75) is 57.7 Å². The van der Waals surface area contributed by atoms with Gasteiger partial charge in [-0.2, -0.15) is 0 Å². The molecule has 0 atom stereocenters. The Hall–Kier alpha value is -2.79. The van der Waals surface area contributed by atoms with Gasteiger partial charge in [-0.3, -0.25) is 5.32 Å². The molecule has 1 amide bonds. The van der Waals surface area contributed by atoms with E-state index in [1.165, 1.54) is 11.3 Å². The molecule has 0 spiro atoms. The lowest BCUT2D eigenvalue weighted by molar-refractivity contribution is 0.130. The van der Waals surface area contributed by atoms with Crippen LogP contribution in [0, 0.1) is 0 Å². The van der Waals surface area contributed by atoms with Crippen molar-refractivity contribution in [2.75, 3.05) is 5.32 Å². The van der Waals surface area contributed by atoms with E-state index in [-0.39, 0.29) is 17.5 Å². The van der Waals surface area contributed by atoms with Gasteiger partial charge in [0.15, 0.2) is 0 Å². The second kappa shape index (κ2) is 10.2. The number of benzene rings is 2. The molecule has 0 fully saturated rings. The molecule has 0 saturated carbocycles. The van der Waals surface area contributed by atoms with Crippen LogP contribution in [0.5, 0.6) is 0 Å². The van der Waals surface area contributed by atoms with Crippen LogP contribution in [0.15, 0.2) is 53.6 Å². The van der Waals surface area contributed by atoms with Gasteiger partial charge in [-0.15, -0.1) is 11.3 Å². The number of nitrogens with one attached hydrogen (secondary N) is 2. The number of aromatic nitrogens is 1. The van der Waals surface area contributed by atoms with Gasteiger partial charge < -0.3 is 10.5 Å². The summed E-state index contributed by atoms with van der Waals surface area (Å²) in [7, 11) is -3.79. The molecule has 0 aliphatic carbocycles. The van der Waals surface area contributed by atoms with Gasteiger partial charge in [0.25, 0.3) is 0 Å². The first-order valence-corrected chi connectivity index (χ1v) is 13.1. The highest BCUT2D eigenvalue weighted by Crippen LogP contribution is 2.36. The largest absolute Gasteiger partial charge is 0.447 e. The van der Waals surface area contributed by atoms with Crippen molar-refractivity contribution in [3.63, 3.8) is 0 Å². The van der Waals surface area contributed by atoms with Crippen LogP contribution in [0.25, 0.3) is 21.0 Å². The normalized spacial score (nSPS) is 12.1. The Balaban J connectivity index is 1.91. The fraction of sp³-hybridized carbons (Fsp3) is 0.333. The van der Waals surface area contributed by atoms with E-state index in [9.17, 15) is 13.2 Å². The fourth-order valence-electron chi connectivity index (χ4n) is 3.17. The molecule has 1 aromatic heterocycles. The number of nitrogens with zero attached hydrogens (tertiary/aromatic N) is 1. The number of sulfonamides is 1. The van der Waals surface area contributed by atoms with E-state index < -0.39 is 21.7 Å². The van der Waals surface area contributed by atoms with Crippen LogP contribution < -0.4 is 15.8 Å². The van der Waals surface area contributed by atoms with E-state index in [1.54, 1.807) is 65.1 Å². The van der Waals surface area contributed by atoms with Gasteiger partial charge in [-0.1, -0.05) is 12.1 Å². The number of thiazole rings is 1. The predicted octanol–water partition coefficient (Wildman–Crippen LogP) is 4.97. The van der Waals surface area contributed by atoms with Crippen LogP contribution in [0.2, 0.25) is 0 Å². The highest BCUT2D eigenvalue weighted by molar-refractivity contribution is 7.89. The molecular formula is C24H30N4O4S2. The fourth-order valence-corrected chi connectivity index (χ4v) is 5.88. The molecule has 10 heteroatoms. The SMILES string of the molecule is CC(C)OC(=O)Nc1ccc(-c2ncc(-c3ccc(CN)cc3S(=O)(=O)NC(C)(C)C)s2)cc1. The number of amides is 1. The Bertz CT molecular complexity index is 1260. The molecule has 8 nitrogen and oxygen atoms in total. The van der Waals surface area contributed by atoms with Crippen molar-refractivity contribution < 1.29 is 17.9 Å². The summed E-state index contributed by atoms with van der Waals surface area (Å²) >= 11 is 1.38. The molecular weight excluding hydrogens is 472 g/mol. The summed E-state index contributed by atoms with van der Waals surface area (Å²) in [5.41, 5.74) is 7.86. The molecule has 0 saturated heterocycles. The quantitative estimate of drug-likeness (QED) is 0.419. The zero-order chi connectivity index (χ0) is 25.1. The van der Waals surface area contributed by atoms with E-state index in [1.807, 2.05) is 18.2 Å². The molecule has 182 valence electrons. The first kappa shape index (κ1) is 25.8. The summed E-state index contributed by atoms with van der Waals surface area (Å²) in [6.45, 7) is 9.18. The molecule has 0 bridgehead atoms. The zero-order valence-corrected chi connectivity index (χ0v) is 21.5. The number of carbonyl (C=O) groups is 1. The van der Waals surface area contributed by atoms with Gasteiger partial charge in [0, 0.05) is 35.1 Å². The summed E-state index contributed by atoms with van der Waals surface area (Å²) < 4.78 is 34.1. The Morgan fingerprint density at radius 3 is 2.41 bits per heavy atom. The van der Waals surface area contributed by atoms with Crippen LogP contribution >= 0.6 is 11.3 Å². The van der Waals surface area contributed by atoms with Gasteiger partial charge >= 0.3 is 6.09 Å². The number of hydrogen-bond acceptors (Lipinski definition) is 7. The van der Waals surface area contributed by atoms with Crippen molar-refractivity contribution in [2.24, 2.45) is 5.73 Å². The molecule has 0 aliphatic heterocycles. The van der Waals surface area contributed by atoms with Crippen LogP contribution in [0.1, 0.15) is 40.2 Å². The monoisotopic (exact) mass is 502 g/mol. The molecule has 1 heterocycles. The topological polar surface area (TPSA) is 123 Å². The van der Waals surface area contributed by atoms with E-state index in [0.29, 0.717) is 11.3 Å². The summed E-state index contributed by atoms with van der Waals surface area (Å²) in [6.07, 6.45) is 0.941. The van der Waals surface area contributed by atoms with Crippen molar-refractivity contribution >= 4 is 33.1 Å². The maximum absolute atomic E-state index is 13.2. The highest BCUT2D eigenvalue weighted by Gasteiger charge is 2.26. The minimum atomic E-state index is -3.79. The number of hydrogen-bond donors (Lipinski definition) is 3. The molecule has 34 heavy (non-hydrogen) atoms. The number of nitrogens with two attached hydrogens (primary N) is 1. The van der Waals surface area contributed by atoms with E-state index in [4.69, 9.17) is 10.5 Å². The maximum atomic E-state index is 13.2. The first-order valence-electron chi connectivity index (χ1n) is 10.8. The Morgan fingerprint density at radius 2 is 1.82 bits per heavy atom. The van der Waals surface area contributed by atoms with Gasteiger partial charge in [-0.05, 0) is 70.5 Å². The molecule has 4 N–H and O–H groups in total. The predicted molar refractivity (Wildman–Crippen MR) is 136 cm³/mol. The van der Waals surface area contributed by atoms with Crippen molar-refractivity contribution in [1.82, 2.24) is 9.71 Å². The smallest absolute Gasteiger partial charge is 0.411 e. The Kier molecular flexibility index (Phi) is 7.77. The van der Waals surface area contributed by atoms with E-state index >= 15 is 0 Å². The van der Waals surface area contributed by atoms with Crippen LogP contribution in [-0.4, -0.2) is 31.1 Å². The number of carbonyl (C=O) groups excluding carboxylic acids is 1. The molecule has 0 unspecified atom stereocenters. The summed E-state index contributed by atoms with van der Waals surface area (Å²) in [4.78, 5) is 17.2. The zero-order valence-electron chi connectivity index (χ0n) is 19.9. The standard InChI is InChI=1S/C24H30N4O4S2/c1-15(2)32-23(29)27-18-9-7-17(8-10-18)22-26-14-20(33-22)19-11-6-16(13-25)12-21(19)34(30,31)28-24(3,4)5/h6-12,14-15,28H,13,25H2,1-5H3,(H,27,29). The molecule has 3 rings (SSSR count). The second-order valence-corrected chi connectivity index (χ2v) is 11.8. The third kappa shape index (κ3) is 6.63. The third-order valence-corrected chi connectivity index (χ3v) is 7.38. The number of anilines is 1. The molecule has 2 aromatic carbocycles. The average molecular weight is 503 g/mol. The Labute approximate surface area is 204 Å². The second-order valence-electron chi connectivity index (χ2n) is 9.08. The lowest BCUT2D eigenvalue weighted by Gasteiger charge is -2.21. The summed E-state index contributed by atoms with van der Waals surface area (Å²) in [5.74, 6) is 0. The van der Waals surface area contributed by atoms with Gasteiger partial charge in [0.1, 0.15) is 5.01 Å². The van der Waals surface area contributed by atoms with Crippen molar-refractivity contribution in [1.29, 1.82) is 0 Å². The number of rotatable bonds is 7. The minimum Gasteiger partial charge on any atom is -0.447 e. The summed E-state index contributed by atoms with van der Waals surface area (Å²) in [5, 5.41) is 3.40. The molecule has 0 aliphatic rings. The van der Waals surface area contributed by atoms with Gasteiger partial charge in [0.05, 0.1) is 15.9 Å². The average Bonchev–Trinajstić information content (AvgIpc) is 3.21. The molecule has 3 aromatic rings. The molecule has 0 radical (unpaired) electrons. The minimum absolute atomic E-state index is 0.170. The van der Waals surface area contributed by atoms with E-state index in [0.717, 1.165) is 21.0 Å². The van der Waals surface area contributed by atoms with Crippen molar-refractivity contribution in [3.05, 3.63) is 54.2 Å². The lowest BCUT2D eigenvalue weighted by atomic mass is 10.1. The summed E-state index contributed by atoms with van der Waals surface area (Å²) in [6, 6.07) is 12.4. The van der Waals surface area contributed by atoms with Crippen LogP contribution in [-0.2, 0) is 21.3 Å². The third-order valence-electron chi connectivity index (χ3n) is 4.50. The first-order chi connectivity index (χ1) is 15.9. The Morgan fingerprint density at radius 1 is 1.15 bits per heavy atom. The van der Waals surface area contributed by atoms with Gasteiger partial charge in [0.2, 0.25) is 10.0 Å². The lowest BCUT2D eigenvalue weighted by Crippen LogP contribution is -2.40. The maximum Gasteiger partial charge on any atom is 0.411 e. The highest BCUT2D eigenvalue weighted by atomic mass is 32.2. The van der Waals surface area contributed by atoms with Crippen LogP contribution in [0.3, 0.4) is 0 Å².